The van der Waals surface area contributed by atoms with Crippen LogP contribution in [-0.4, -0.2) is 67.9 Å². The Labute approximate surface area is 205 Å². The van der Waals surface area contributed by atoms with Crippen molar-refractivity contribution in [1.29, 1.82) is 0 Å². The third-order valence-electron chi connectivity index (χ3n) is 6.62. The molecule has 0 spiro atoms. The Hall–Kier alpha value is -2.77. The van der Waals surface area contributed by atoms with Crippen LogP contribution in [0.2, 0.25) is 5.02 Å². The van der Waals surface area contributed by atoms with E-state index >= 15 is 0 Å². The number of ketones is 1. The zero-order valence-corrected chi connectivity index (χ0v) is 20.4. The molecule has 34 heavy (non-hydrogen) atoms. The number of oxime groups is 1. The first-order valence-corrected chi connectivity index (χ1v) is 12.4. The fourth-order valence-electron chi connectivity index (χ4n) is 4.94. The second kappa shape index (κ2) is 9.84. The molecule has 0 amide bonds. The number of benzene rings is 2. The molecule has 1 saturated heterocycles. The first-order chi connectivity index (χ1) is 16.5. The molecule has 0 saturated carbocycles. The van der Waals surface area contributed by atoms with E-state index in [1.807, 2.05) is 30.3 Å². The number of carbonyl (C=O) groups excluding carboxylic acids is 1. The number of fused-ring (bicyclic) bond motifs is 1. The molecule has 0 bridgehead atoms. The van der Waals surface area contributed by atoms with Crippen molar-refractivity contribution in [2.75, 3.05) is 49.5 Å². The maximum Gasteiger partial charge on any atom is 0.189 e. The average molecular weight is 483 g/mol. The summed E-state index contributed by atoms with van der Waals surface area (Å²) in [6, 6.07) is 13.9. The summed E-state index contributed by atoms with van der Waals surface area (Å²) in [4.78, 5) is 23.6. The van der Waals surface area contributed by atoms with Crippen molar-refractivity contribution in [1.82, 2.24) is 4.90 Å². The summed E-state index contributed by atoms with van der Waals surface area (Å²) in [5.74, 6) is 0.708. The van der Waals surface area contributed by atoms with Gasteiger partial charge in [-0.3, -0.25) is 9.69 Å². The fourth-order valence-corrected chi connectivity index (χ4v) is 5.12. The standard InChI is InChI=1S/C26H31ClN4O3/c1-17(2)33-25-6-4-3-5-24(25)31-11-9-30(10-12-31)16-19-14-23(29-34-19)26(32)21-15-28-22-8-7-18(27)13-20(21)22/h3-8,13,17,19,21,28H,9-12,14-16H2,1-2H3. The summed E-state index contributed by atoms with van der Waals surface area (Å²) in [6.07, 6.45) is 0.607. The van der Waals surface area contributed by atoms with Crippen LogP contribution in [0.15, 0.2) is 47.6 Å². The normalized spacial score (nSPS) is 22.2. The summed E-state index contributed by atoms with van der Waals surface area (Å²) in [5.41, 5.74) is 3.59. The van der Waals surface area contributed by atoms with E-state index < -0.39 is 0 Å². The van der Waals surface area contributed by atoms with Crippen molar-refractivity contribution in [3.8, 4) is 5.75 Å². The topological polar surface area (TPSA) is 66.4 Å². The van der Waals surface area contributed by atoms with Crippen molar-refractivity contribution in [3.05, 3.63) is 53.1 Å². The first kappa shape index (κ1) is 23.0. The Morgan fingerprint density at radius 1 is 1.21 bits per heavy atom. The number of hydrogen-bond donors (Lipinski definition) is 1. The van der Waals surface area contributed by atoms with Gasteiger partial charge in [0.15, 0.2) is 5.78 Å². The van der Waals surface area contributed by atoms with E-state index in [1.165, 1.54) is 0 Å². The minimum atomic E-state index is -0.258. The maximum absolute atomic E-state index is 13.1. The first-order valence-electron chi connectivity index (χ1n) is 12.0. The minimum Gasteiger partial charge on any atom is -0.489 e. The van der Waals surface area contributed by atoms with Gasteiger partial charge in [0.05, 0.1) is 17.7 Å². The molecule has 7 nitrogen and oxygen atoms in total. The van der Waals surface area contributed by atoms with E-state index in [2.05, 4.69) is 46.3 Å². The number of hydrogen-bond acceptors (Lipinski definition) is 7. The number of nitrogens with one attached hydrogen (secondary N) is 1. The lowest BCUT2D eigenvalue weighted by atomic mass is 9.92. The third kappa shape index (κ3) is 4.86. The van der Waals surface area contributed by atoms with E-state index in [0.717, 1.165) is 55.4 Å². The number of piperazine rings is 1. The molecule has 2 unspecified atom stereocenters. The molecule has 2 aromatic carbocycles. The monoisotopic (exact) mass is 482 g/mol. The number of ether oxygens (including phenoxy) is 1. The van der Waals surface area contributed by atoms with E-state index in [1.54, 1.807) is 0 Å². The second-order valence-corrected chi connectivity index (χ2v) is 9.86. The molecule has 2 aromatic rings. The van der Waals surface area contributed by atoms with Gasteiger partial charge in [-0.1, -0.05) is 28.9 Å². The lowest BCUT2D eigenvalue weighted by molar-refractivity contribution is -0.114. The Morgan fingerprint density at radius 2 is 2.00 bits per heavy atom. The van der Waals surface area contributed by atoms with E-state index in [-0.39, 0.29) is 23.9 Å². The number of carbonyl (C=O) groups is 1. The summed E-state index contributed by atoms with van der Waals surface area (Å²) < 4.78 is 6.00. The van der Waals surface area contributed by atoms with Gasteiger partial charge in [0.1, 0.15) is 17.6 Å². The molecule has 3 aliphatic rings. The van der Waals surface area contributed by atoms with Gasteiger partial charge >= 0.3 is 0 Å². The highest BCUT2D eigenvalue weighted by Crippen LogP contribution is 2.35. The lowest BCUT2D eigenvalue weighted by Crippen LogP contribution is -2.48. The lowest BCUT2D eigenvalue weighted by Gasteiger charge is -2.37. The molecule has 2 atom stereocenters. The predicted molar refractivity (Wildman–Crippen MR) is 135 cm³/mol. The Kier molecular flexibility index (Phi) is 6.66. The van der Waals surface area contributed by atoms with Gasteiger partial charge in [-0.05, 0) is 49.7 Å². The summed E-state index contributed by atoms with van der Waals surface area (Å²) in [5, 5.41) is 8.11. The van der Waals surface area contributed by atoms with E-state index in [4.69, 9.17) is 21.2 Å². The molecule has 3 aliphatic heterocycles. The number of rotatable bonds is 7. The highest BCUT2D eigenvalue weighted by atomic mass is 35.5. The Morgan fingerprint density at radius 3 is 2.79 bits per heavy atom. The zero-order valence-electron chi connectivity index (χ0n) is 19.7. The van der Waals surface area contributed by atoms with Crippen molar-refractivity contribution < 1.29 is 14.4 Å². The van der Waals surface area contributed by atoms with Gasteiger partial charge in [-0.25, -0.2) is 0 Å². The third-order valence-corrected chi connectivity index (χ3v) is 6.86. The smallest absolute Gasteiger partial charge is 0.189 e. The van der Waals surface area contributed by atoms with Gasteiger partial charge < -0.3 is 19.8 Å². The molecule has 1 fully saturated rings. The van der Waals surface area contributed by atoms with Crippen molar-refractivity contribution >= 4 is 34.5 Å². The van der Waals surface area contributed by atoms with Crippen molar-refractivity contribution in [2.45, 2.75) is 38.4 Å². The van der Waals surface area contributed by atoms with E-state index in [0.29, 0.717) is 23.7 Å². The second-order valence-electron chi connectivity index (χ2n) is 9.42. The minimum absolute atomic E-state index is 0.0302. The maximum atomic E-state index is 13.1. The molecule has 3 heterocycles. The number of para-hydroxylation sites is 2. The highest BCUT2D eigenvalue weighted by molar-refractivity contribution is 6.42. The molecule has 180 valence electrons. The molecule has 0 aliphatic carbocycles. The molecular weight excluding hydrogens is 452 g/mol. The SMILES string of the molecule is CC(C)Oc1ccccc1N1CCN(CC2CC(C(=O)C3CNc4ccc(Cl)cc43)=NO2)CC1. The van der Waals surface area contributed by atoms with Crippen molar-refractivity contribution in [2.24, 2.45) is 5.16 Å². The molecule has 0 radical (unpaired) electrons. The quantitative estimate of drug-likeness (QED) is 0.639. The van der Waals surface area contributed by atoms with Gasteiger partial charge in [0, 0.05) is 56.4 Å². The Balaban J connectivity index is 1.13. The summed E-state index contributed by atoms with van der Waals surface area (Å²) in [6.45, 7) is 9.14. The van der Waals surface area contributed by atoms with Crippen LogP contribution in [0.4, 0.5) is 11.4 Å². The fraction of sp³-hybridized carbons (Fsp3) is 0.462. The van der Waals surface area contributed by atoms with Gasteiger partial charge in [0.2, 0.25) is 0 Å². The number of anilines is 2. The number of halogens is 1. The Bertz CT molecular complexity index is 1080. The van der Waals surface area contributed by atoms with Crippen LogP contribution in [0, 0.1) is 0 Å². The van der Waals surface area contributed by atoms with Crippen LogP contribution >= 0.6 is 11.6 Å². The average Bonchev–Trinajstić information content (AvgIpc) is 3.46. The predicted octanol–water partition coefficient (Wildman–Crippen LogP) is 4.17. The highest BCUT2D eigenvalue weighted by Gasteiger charge is 2.36. The van der Waals surface area contributed by atoms with Crippen LogP contribution in [0.1, 0.15) is 31.7 Å². The van der Waals surface area contributed by atoms with Crippen LogP contribution in [0.25, 0.3) is 0 Å². The number of Topliss-reactive ketones (excluding diaryl/α,β-unsaturated/α-hetero) is 1. The van der Waals surface area contributed by atoms with Crippen molar-refractivity contribution in [3.63, 3.8) is 0 Å². The molecule has 1 N–H and O–H groups in total. The van der Waals surface area contributed by atoms with Crippen LogP contribution in [0.3, 0.4) is 0 Å². The summed E-state index contributed by atoms with van der Waals surface area (Å²) in [7, 11) is 0. The van der Waals surface area contributed by atoms with Crippen LogP contribution in [0.5, 0.6) is 5.75 Å². The largest absolute Gasteiger partial charge is 0.489 e. The number of nitrogens with zero attached hydrogens (tertiary/aromatic N) is 3. The van der Waals surface area contributed by atoms with Gasteiger partial charge in [-0.15, -0.1) is 0 Å². The molecule has 8 heteroatoms. The zero-order chi connectivity index (χ0) is 23.7. The summed E-state index contributed by atoms with van der Waals surface area (Å²) >= 11 is 6.15. The molecular formula is C26H31ClN4O3. The van der Waals surface area contributed by atoms with Crippen LogP contribution in [-0.2, 0) is 9.63 Å². The van der Waals surface area contributed by atoms with Crippen LogP contribution < -0.4 is 15.0 Å². The van der Waals surface area contributed by atoms with E-state index in [9.17, 15) is 4.79 Å². The molecule has 0 aromatic heterocycles. The van der Waals surface area contributed by atoms with Gasteiger partial charge in [-0.2, -0.15) is 0 Å². The van der Waals surface area contributed by atoms with Gasteiger partial charge in [0.25, 0.3) is 0 Å². The molecule has 5 rings (SSSR count).